The largest absolute Gasteiger partial charge is 0.378 e. The number of anilines is 1. The van der Waals surface area contributed by atoms with Gasteiger partial charge in [0.05, 0.1) is 4.71 Å². The summed E-state index contributed by atoms with van der Waals surface area (Å²) >= 11 is 8.69. The Morgan fingerprint density at radius 3 is 2.47 bits per heavy atom. The first-order valence-corrected chi connectivity index (χ1v) is 6.00. The summed E-state index contributed by atoms with van der Waals surface area (Å²) < 4.78 is 0.0280. The van der Waals surface area contributed by atoms with E-state index in [0.717, 1.165) is 13.1 Å². The van der Waals surface area contributed by atoms with Crippen molar-refractivity contribution in [3.63, 3.8) is 0 Å². The maximum Gasteiger partial charge on any atom is 0.0975 e. The zero-order chi connectivity index (χ0) is 11.0. The molecular formula is C11H16N2S2. The molecule has 15 heavy (non-hydrogen) atoms. The molecule has 0 radical (unpaired) electrons. The number of fused-ring (bicyclic) bond motifs is 1. The van der Waals surface area contributed by atoms with Gasteiger partial charge in [-0.15, -0.1) is 25.3 Å². The van der Waals surface area contributed by atoms with Crippen LogP contribution >= 0.6 is 25.3 Å². The van der Waals surface area contributed by atoms with Gasteiger partial charge in [-0.2, -0.15) is 0 Å². The monoisotopic (exact) mass is 240 g/mol. The number of benzene rings is 1. The summed E-state index contributed by atoms with van der Waals surface area (Å²) in [5, 5.41) is 0. The lowest BCUT2D eigenvalue weighted by atomic mass is 10.1. The molecule has 1 heterocycles. The minimum Gasteiger partial charge on any atom is -0.378 e. The Hall–Kier alpha value is -0.320. The SMILES string of the molecule is CN(C)c1ccc2c(c1)CN(C(S)S)C2. The number of nitrogens with zero attached hydrogens (tertiary/aromatic N) is 2. The molecule has 1 aliphatic heterocycles. The topological polar surface area (TPSA) is 6.48 Å². The maximum atomic E-state index is 4.34. The number of thiol groups is 2. The van der Waals surface area contributed by atoms with Crippen molar-refractivity contribution in [1.82, 2.24) is 4.90 Å². The molecule has 1 aromatic rings. The molecular weight excluding hydrogens is 224 g/mol. The molecule has 1 aromatic carbocycles. The summed E-state index contributed by atoms with van der Waals surface area (Å²) in [5.74, 6) is 0. The van der Waals surface area contributed by atoms with Gasteiger partial charge < -0.3 is 4.90 Å². The molecule has 82 valence electrons. The molecule has 4 heteroatoms. The third-order valence-corrected chi connectivity index (χ3v) is 3.43. The van der Waals surface area contributed by atoms with Gasteiger partial charge in [-0.25, -0.2) is 0 Å². The summed E-state index contributed by atoms with van der Waals surface area (Å²) in [6.45, 7) is 1.91. The molecule has 0 saturated heterocycles. The fourth-order valence-electron chi connectivity index (χ4n) is 1.85. The van der Waals surface area contributed by atoms with Crippen LogP contribution < -0.4 is 4.90 Å². The standard InChI is InChI=1S/C11H16N2S2/c1-12(2)10-4-3-8-6-13(11(14)15)7-9(8)5-10/h3-5,11,14-15H,6-7H2,1-2H3. The van der Waals surface area contributed by atoms with Crippen LogP contribution in [-0.4, -0.2) is 23.7 Å². The van der Waals surface area contributed by atoms with Crippen LogP contribution in [-0.2, 0) is 13.1 Å². The second-order valence-corrected chi connectivity index (χ2v) is 5.48. The van der Waals surface area contributed by atoms with E-state index in [1.807, 2.05) is 0 Å². The van der Waals surface area contributed by atoms with Crippen LogP contribution in [0.4, 0.5) is 5.69 Å². The highest BCUT2D eigenvalue weighted by Crippen LogP contribution is 2.29. The van der Waals surface area contributed by atoms with E-state index in [-0.39, 0.29) is 4.71 Å². The predicted molar refractivity (Wildman–Crippen MR) is 71.8 cm³/mol. The minimum atomic E-state index is 0.0280. The van der Waals surface area contributed by atoms with Crippen molar-refractivity contribution >= 4 is 30.9 Å². The fraction of sp³-hybridized carbons (Fsp3) is 0.455. The Balaban J connectivity index is 2.24. The first-order valence-electron chi connectivity index (χ1n) is 4.97. The average molecular weight is 240 g/mol. The highest BCUT2D eigenvalue weighted by molar-refractivity contribution is 7.99. The van der Waals surface area contributed by atoms with Crippen LogP contribution in [0.5, 0.6) is 0 Å². The Kier molecular flexibility index (Phi) is 3.19. The molecule has 0 spiro atoms. The molecule has 0 fully saturated rings. The Bertz CT molecular complexity index is 364. The lowest BCUT2D eigenvalue weighted by Crippen LogP contribution is -2.20. The lowest BCUT2D eigenvalue weighted by molar-refractivity contribution is 0.321. The van der Waals surface area contributed by atoms with Gasteiger partial charge >= 0.3 is 0 Å². The second-order valence-electron chi connectivity index (χ2n) is 4.10. The highest BCUT2D eigenvalue weighted by Gasteiger charge is 2.21. The Morgan fingerprint density at radius 1 is 1.20 bits per heavy atom. The summed E-state index contributed by atoms with van der Waals surface area (Å²) in [4.78, 5) is 4.36. The van der Waals surface area contributed by atoms with E-state index in [1.165, 1.54) is 16.8 Å². The van der Waals surface area contributed by atoms with Gasteiger partial charge in [0.25, 0.3) is 0 Å². The van der Waals surface area contributed by atoms with Gasteiger partial charge in [0.2, 0.25) is 0 Å². The molecule has 0 aromatic heterocycles. The van der Waals surface area contributed by atoms with E-state index in [1.54, 1.807) is 0 Å². The summed E-state index contributed by atoms with van der Waals surface area (Å²) in [5.41, 5.74) is 4.05. The molecule has 0 aliphatic carbocycles. The fourth-order valence-corrected chi connectivity index (χ4v) is 2.18. The van der Waals surface area contributed by atoms with Crippen LogP contribution in [0.25, 0.3) is 0 Å². The van der Waals surface area contributed by atoms with Crippen LogP contribution in [0, 0.1) is 0 Å². The molecule has 2 rings (SSSR count). The van der Waals surface area contributed by atoms with E-state index in [2.05, 4.69) is 67.4 Å². The number of hydrogen-bond acceptors (Lipinski definition) is 4. The van der Waals surface area contributed by atoms with E-state index in [4.69, 9.17) is 0 Å². The second kappa shape index (κ2) is 4.28. The van der Waals surface area contributed by atoms with Gasteiger partial charge in [0.1, 0.15) is 0 Å². The van der Waals surface area contributed by atoms with Gasteiger partial charge in [0.15, 0.2) is 0 Å². The predicted octanol–water partition coefficient (Wildman–Crippen LogP) is 2.21. The molecule has 0 N–H and O–H groups in total. The van der Waals surface area contributed by atoms with Crippen LogP contribution in [0.1, 0.15) is 11.1 Å². The van der Waals surface area contributed by atoms with E-state index in [9.17, 15) is 0 Å². The van der Waals surface area contributed by atoms with E-state index in [0.29, 0.717) is 0 Å². The molecule has 0 unspecified atom stereocenters. The highest BCUT2D eigenvalue weighted by atomic mass is 32.2. The Morgan fingerprint density at radius 2 is 1.87 bits per heavy atom. The molecule has 1 aliphatic rings. The van der Waals surface area contributed by atoms with Crippen molar-refractivity contribution in [2.75, 3.05) is 19.0 Å². The molecule has 0 bridgehead atoms. The van der Waals surface area contributed by atoms with Crippen molar-refractivity contribution in [1.29, 1.82) is 0 Å². The van der Waals surface area contributed by atoms with Gasteiger partial charge in [-0.05, 0) is 23.3 Å². The van der Waals surface area contributed by atoms with Crippen LogP contribution in [0.3, 0.4) is 0 Å². The third kappa shape index (κ3) is 2.27. The summed E-state index contributed by atoms with van der Waals surface area (Å²) in [6.07, 6.45) is 0. The Labute approximate surface area is 102 Å². The smallest absolute Gasteiger partial charge is 0.0975 e. The minimum absolute atomic E-state index is 0.0280. The first-order chi connectivity index (χ1) is 7.08. The van der Waals surface area contributed by atoms with Crippen molar-refractivity contribution < 1.29 is 0 Å². The number of hydrogen-bond donors (Lipinski definition) is 2. The summed E-state index contributed by atoms with van der Waals surface area (Å²) in [7, 11) is 4.13. The maximum absolute atomic E-state index is 4.34. The molecule has 0 atom stereocenters. The lowest BCUT2D eigenvalue weighted by Gasteiger charge is -2.17. The van der Waals surface area contributed by atoms with Crippen molar-refractivity contribution in [2.24, 2.45) is 0 Å². The first kappa shape index (κ1) is 11.2. The average Bonchev–Trinajstić information content (AvgIpc) is 2.59. The summed E-state index contributed by atoms with van der Waals surface area (Å²) in [6, 6.07) is 6.61. The van der Waals surface area contributed by atoms with Crippen LogP contribution in [0.2, 0.25) is 0 Å². The van der Waals surface area contributed by atoms with Gasteiger partial charge in [-0.3, -0.25) is 4.90 Å². The van der Waals surface area contributed by atoms with Gasteiger partial charge in [0, 0.05) is 32.9 Å². The molecule has 0 saturated carbocycles. The molecule has 0 amide bonds. The number of rotatable bonds is 2. The zero-order valence-electron chi connectivity index (χ0n) is 9.01. The third-order valence-electron chi connectivity index (χ3n) is 2.78. The van der Waals surface area contributed by atoms with E-state index >= 15 is 0 Å². The zero-order valence-corrected chi connectivity index (χ0v) is 10.8. The molecule has 2 nitrogen and oxygen atoms in total. The van der Waals surface area contributed by atoms with Crippen molar-refractivity contribution in [2.45, 2.75) is 17.8 Å². The quantitative estimate of drug-likeness (QED) is 0.604. The van der Waals surface area contributed by atoms with Crippen LogP contribution in [0.15, 0.2) is 18.2 Å². The van der Waals surface area contributed by atoms with Crippen molar-refractivity contribution in [3.05, 3.63) is 29.3 Å². The normalized spacial score (nSPS) is 15.8. The van der Waals surface area contributed by atoms with Crippen molar-refractivity contribution in [3.8, 4) is 0 Å². The van der Waals surface area contributed by atoms with Gasteiger partial charge in [-0.1, -0.05) is 6.07 Å². The van der Waals surface area contributed by atoms with E-state index < -0.39 is 0 Å².